The molecule has 7 heteroatoms. The third-order valence-corrected chi connectivity index (χ3v) is 4.36. The number of hydrogen-bond donors (Lipinski definition) is 2. The van der Waals surface area contributed by atoms with E-state index in [9.17, 15) is 13.2 Å². The zero-order valence-corrected chi connectivity index (χ0v) is 11.1. The smallest absolute Gasteiger partial charge is 0.309 e. The van der Waals surface area contributed by atoms with Crippen molar-refractivity contribution in [1.29, 1.82) is 0 Å². The van der Waals surface area contributed by atoms with Crippen LogP contribution in [0.5, 0.6) is 0 Å². The maximum atomic E-state index is 13.9. The van der Waals surface area contributed by atoms with Crippen LogP contribution in [0.1, 0.15) is 18.5 Å². The van der Waals surface area contributed by atoms with Crippen LogP contribution < -0.4 is 10.6 Å². The van der Waals surface area contributed by atoms with Gasteiger partial charge in [0.1, 0.15) is 11.3 Å². The SMILES string of the molecule is Fc1cc(F)c2nc(F)nc(C34CCC(CNC3)N4)c2c1. The van der Waals surface area contributed by atoms with E-state index in [4.69, 9.17) is 0 Å². The number of aromatic nitrogens is 2. The van der Waals surface area contributed by atoms with E-state index in [-0.39, 0.29) is 16.9 Å². The molecular formula is C14H13F3N4. The quantitative estimate of drug-likeness (QED) is 0.784. The van der Waals surface area contributed by atoms with E-state index in [1.807, 2.05) is 0 Å². The number of fused-ring (bicyclic) bond motifs is 3. The van der Waals surface area contributed by atoms with Gasteiger partial charge in [0.15, 0.2) is 5.82 Å². The molecule has 2 aliphatic heterocycles. The minimum Gasteiger partial charge on any atom is -0.313 e. The van der Waals surface area contributed by atoms with Crippen LogP contribution in [0.2, 0.25) is 0 Å². The monoisotopic (exact) mass is 294 g/mol. The molecule has 4 rings (SSSR count). The van der Waals surface area contributed by atoms with Gasteiger partial charge in [-0.25, -0.2) is 13.8 Å². The van der Waals surface area contributed by atoms with Crippen molar-refractivity contribution in [3.05, 3.63) is 35.5 Å². The Morgan fingerprint density at radius 1 is 1.19 bits per heavy atom. The molecule has 0 amide bonds. The van der Waals surface area contributed by atoms with Gasteiger partial charge >= 0.3 is 6.08 Å². The van der Waals surface area contributed by atoms with Crippen LogP contribution in [-0.2, 0) is 5.54 Å². The summed E-state index contributed by atoms with van der Waals surface area (Å²) >= 11 is 0. The van der Waals surface area contributed by atoms with Crippen molar-refractivity contribution >= 4 is 10.9 Å². The van der Waals surface area contributed by atoms with Crippen molar-refractivity contribution in [3.8, 4) is 0 Å². The first kappa shape index (κ1) is 13.0. The highest BCUT2D eigenvalue weighted by Crippen LogP contribution is 2.37. The summed E-state index contributed by atoms with van der Waals surface area (Å²) in [6.07, 6.45) is 0.667. The fourth-order valence-electron chi connectivity index (χ4n) is 3.47. The standard InChI is InChI=1S/C14H13F3N4/c15-7-3-9-11(10(16)4-7)19-13(17)20-12(9)14-2-1-8(21-14)5-18-6-14/h3-4,8,18,21H,1-2,5-6H2. The van der Waals surface area contributed by atoms with Crippen LogP contribution in [0.25, 0.3) is 10.9 Å². The van der Waals surface area contributed by atoms with E-state index >= 15 is 0 Å². The second-order valence-corrected chi connectivity index (χ2v) is 5.72. The highest BCUT2D eigenvalue weighted by molar-refractivity contribution is 5.82. The first-order chi connectivity index (χ1) is 10.1. The average molecular weight is 294 g/mol. The van der Waals surface area contributed by atoms with E-state index in [0.717, 1.165) is 19.4 Å². The van der Waals surface area contributed by atoms with Gasteiger partial charge in [-0.15, -0.1) is 0 Å². The highest BCUT2D eigenvalue weighted by atomic mass is 19.1. The average Bonchev–Trinajstić information content (AvgIpc) is 2.75. The first-order valence-corrected chi connectivity index (χ1v) is 6.89. The summed E-state index contributed by atoms with van der Waals surface area (Å²) in [4.78, 5) is 7.35. The Kier molecular flexibility index (Phi) is 2.71. The zero-order valence-electron chi connectivity index (χ0n) is 11.1. The lowest BCUT2D eigenvalue weighted by molar-refractivity contribution is 0.291. The topological polar surface area (TPSA) is 49.8 Å². The highest BCUT2D eigenvalue weighted by Gasteiger charge is 2.45. The molecule has 2 saturated heterocycles. The van der Waals surface area contributed by atoms with Crippen molar-refractivity contribution in [2.45, 2.75) is 24.4 Å². The molecule has 0 radical (unpaired) electrons. The molecule has 0 aliphatic carbocycles. The maximum absolute atomic E-state index is 13.9. The molecule has 2 fully saturated rings. The molecule has 3 heterocycles. The van der Waals surface area contributed by atoms with Crippen LogP contribution in [0.3, 0.4) is 0 Å². The summed E-state index contributed by atoms with van der Waals surface area (Å²) < 4.78 is 41.2. The lowest BCUT2D eigenvalue weighted by Crippen LogP contribution is -2.56. The van der Waals surface area contributed by atoms with Crippen LogP contribution in [0, 0.1) is 17.7 Å². The summed E-state index contributed by atoms with van der Waals surface area (Å²) in [5, 5.41) is 6.91. The summed E-state index contributed by atoms with van der Waals surface area (Å²) in [5.41, 5.74) is -0.437. The first-order valence-electron chi connectivity index (χ1n) is 6.89. The molecular weight excluding hydrogens is 281 g/mol. The molecule has 0 spiro atoms. The van der Waals surface area contributed by atoms with Gasteiger partial charge in [-0.2, -0.15) is 9.37 Å². The lowest BCUT2D eigenvalue weighted by atomic mass is 9.90. The third kappa shape index (κ3) is 1.91. The third-order valence-electron chi connectivity index (χ3n) is 4.36. The molecule has 2 aliphatic rings. The second kappa shape index (κ2) is 4.38. The Morgan fingerprint density at radius 3 is 2.90 bits per heavy atom. The van der Waals surface area contributed by atoms with Gasteiger partial charge in [0.05, 0.1) is 11.2 Å². The van der Waals surface area contributed by atoms with E-state index in [2.05, 4.69) is 20.6 Å². The Morgan fingerprint density at radius 2 is 2.05 bits per heavy atom. The molecule has 21 heavy (non-hydrogen) atoms. The number of benzene rings is 1. The van der Waals surface area contributed by atoms with Gasteiger partial charge in [0.25, 0.3) is 0 Å². The Hall–Kier alpha value is -1.73. The van der Waals surface area contributed by atoms with Gasteiger partial charge in [-0.05, 0) is 18.9 Å². The summed E-state index contributed by atoms with van der Waals surface area (Å²) in [6.45, 7) is 1.38. The van der Waals surface area contributed by atoms with Crippen LogP contribution in [-0.4, -0.2) is 29.1 Å². The zero-order chi connectivity index (χ0) is 14.6. The number of nitrogens with zero attached hydrogens (tertiary/aromatic N) is 2. The van der Waals surface area contributed by atoms with E-state index < -0.39 is 23.3 Å². The predicted molar refractivity (Wildman–Crippen MR) is 70.1 cm³/mol. The summed E-state index contributed by atoms with van der Waals surface area (Å²) in [6, 6.07) is 2.15. The van der Waals surface area contributed by atoms with Crippen LogP contribution in [0.15, 0.2) is 12.1 Å². The summed E-state index contributed by atoms with van der Waals surface area (Å²) in [7, 11) is 0. The van der Waals surface area contributed by atoms with Crippen molar-refractivity contribution in [1.82, 2.24) is 20.6 Å². The predicted octanol–water partition coefficient (Wildman–Crippen LogP) is 1.60. The Bertz CT molecular complexity index is 732. The largest absolute Gasteiger partial charge is 0.313 e. The normalized spacial score (nSPS) is 28.2. The number of halogens is 3. The number of piperazine rings is 1. The van der Waals surface area contributed by atoms with E-state index in [1.165, 1.54) is 6.07 Å². The molecule has 2 bridgehead atoms. The van der Waals surface area contributed by atoms with Crippen molar-refractivity contribution in [2.24, 2.45) is 0 Å². The number of rotatable bonds is 1. The fraction of sp³-hybridized carbons (Fsp3) is 0.429. The summed E-state index contributed by atoms with van der Waals surface area (Å²) in [5.74, 6) is -1.59. The van der Waals surface area contributed by atoms with Gasteiger partial charge in [-0.3, -0.25) is 0 Å². The Balaban J connectivity index is 2.00. The molecule has 1 aromatic heterocycles. The second-order valence-electron chi connectivity index (χ2n) is 5.72. The number of hydrogen-bond acceptors (Lipinski definition) is 4. The van der Waals surface area contributed by atoms with Gasteiger partial charge in [-0.1, -0.05) is 0 Å². The molecule has 1 aromatic carbocycles. The van der Waals surface area contributed by atoms with Crippen molar-refractivity contribution < 1.29 is 13.2 Å². The maximum Gasteiger partial charge on any atom is 0.309 e. The molecule has 110 valence electrons. The molecule has 2 unspecified atom stereocenters. The minimum atomic E-state index is -0.992. The molecule has 0 saturated carbocycles. The van der Waals surface area contributed by atoms with Crippen molar-refractivity contribution in [3.63, 3.8) is 0 Å². The Labute approximate surface area is 118 Å². The number of nitrogens with one attached hydrogen (secondary N) is 2. The van der Waals surface area contributed by atoms with Gasteiger partial charge in [0, 0.05) is 30.6 Å². The van der Waals surface area contributed by atoms with Crippen LogP contribution in [0.4, 0.5) is 13.2 Å². The molecule has 2 aromatic rings. The molecule has 2 N–H and O–H groups in total. The van der Waals surface area contributed by atoms with Gasteiger partial charge in [0.2, 0.25) is 0 Å². The fourth-order valence-corrected chi connectivity index (χ4v) is 3.47. The van der Waals surface area contributed by atoms with Crippen LogP contribution >= 0.6 is 0 Å². The van der Waals surface area contributed by atoms with Gasteiger partial charge < -0.3 is 10.6 Å². The minimum absolute atomic E-state index is 0.177. The van der Waals surface area contributed by atoms with E-state index in [1.54, 1.807) is 0 Å². The van der Waals surface area contributed by atoms with Crippen molar-refractivity contribution in [2.75, 3.05) is 13.1 Å². The molecule has 2 atom stereocenters. The van der Waals surface area contributed by atoms with E-state index in [0.29, 0.717) is 18.3 Å². The lowest BCUT2D eigenvalue weighted by Gasteiger charge is -2.35. The molecule has 4 nitrogen and oxygen atoms in total.